The third kappa shape index (κ3) is 5.33. The Kier molecular flexibility index (Phi) is 6.90. The van der Waals surface area contributed by atoms with Gasteiger partial charge < -0.3 is 9.80 Å². The maximum atomic E-state index is 13.0. The minimum absolute atomic E-state index is 0.0864. The second-order valence-electron chi connectivity index (χ2n) is 9.33. The van der Waals surface area contributed by atoms with Crippen LogP contribution in [0.1, 0.15) is 19.4 Å². The number of nitrogens with one attached hydrogen (secondary N) is 1. The molecule has 1 N–H and O–H groups in total. The smallest absolute Gasteiger partial charge is 0.242 e. The molecule has 1 saturated heterocycles. The molecule has 0 aliphatic carbocycles. The number of rotatable bonds is 7. The Morgan fingerprint density at radius 3 is 2.54 bits per heavy atom. The van der Waals surface area contributed by atoms with Gasteiger partial charge in [-0.1, -0.05) is 42.5 Å². The van der Waals surface area contributed by atoms with E-state index in [0.717, 1.165) is 11.3 Å². The fourth-order valence-electron chi connectivity index (χ4n) is 4.55. The van der Waals surface area contributed by atoms with E-state index < -0.39 is 10.0 Å². The zero-order valence-electron chi connectivity index (χ0n) is 20.8. The molecular formula is C28H29N5O3S. The molecule has 1 aliphatic heterocycles. The summed E-state index contributed by atoms with van der Waals surface area (Å²) in [5.41, 5.74) is 4.44. The number of piperazine rings is 1. The van der Waals surface area contributed by atoms with E-state index >= 15 is 0 Å². The molecule has 4 aromatic rings. The summed E-state index contributed by atoms with van der Waals surface area (Å²) in [6.45, 7) is 5.89. The van der Waals surface area contributed by atoms with Gasteiger partial charge in [0, 0.05) is 37.4 Å². The Hall–Kier alpha value is -3.82. The molecule has 8 nitrogen and oxygen atoms in total. The molecule has 3 heterocycles. The van der Waals surface area contributed by atoms with E-state index in [1.807, 2.05) is 78.2 Å². The average Bonchev–Trinajstić information content (AvgIpc) is 2.92. The largest absolute Gasteiger partial charge is 0.359 e. The number of benzene rings is 2. The molecule has 0 spiro atoms. The number of carbonyl (C=O) groups is 1. The Labute approximate surface area is 217 Å². The van der Waals surface area contributed by atoms with Crippen LogP contribution in [0.15, 0.2) is 83.9 Å². The number of pyridine rings is 2. The molecule has 0 saturated carbocycles. The van der Waals surface area contributed by atoms with Crippen molar-refractivity contribution in [1.29, 1.82) is 0 Å². The van der Waals surface area contributed by atoms with Crippen molar-refractivity contribution < 1.29 is 13.2 Å². The summed E-state index contributed by atoms with van der Waals surface area (Å²) in [5.74, 6) is 0.0864. The normalized spacial score (nSPS) is 14.5. The second kappa shape index (κ2) is 10.3. The molecule has 1 aliphatic rings. The third-order valence-electron chi connectivity index (χ3n) is 6.53. The molecule has 0 unspecified atom stereocenters. The highest BCUT2D eigenvalue weighted by Gasteiger charge is 2.27. The maximum absolute atomic E-state index is 13.0. The number of sulfonamides is 1. The van der Waals surface area contributed by atoms with E-state index in [9.17, 15) is 13.2 Å². The Bertz CT molecular complexity index is 1540. The zero-order chi connectivity index (χ0) is 26.0. The van der Waals surface area contributed by atoms with Gasteiger partial charge in [-0.3, -0.25) is 9.78 Å². The predicted molar refractivity (Wildman–Crippen MR) is 145 cm³/mol. The molecule has 190 valence electrons. The van der Waals surface area contributed by atoms with Crippen molar-refractivity contribution in [1.82, 2.24) is 19.6 Å². The molecular weight excluding hydrogens is 486 g/mol. The molecule has 1 fully saturated rings. The first-order valence-corrected chi connectivity index (χ1v) is 13.7. The van der Waals surface area contributed by atoms with Gasteiger partial charge >= 0.3 is 0 Å². The summed E-state index contributed by atoms with van der Waals surface area (Å²) in [6.07, 6.45) is 1.73. The fourth-order valence-corrected chi connectivity index (χ4v) is 5.61. The molecule has 37 heavy (non-hydrogen) atoms. The summed E-state index contributed by atoms with van der Waals surface area (Å²) in [5, 5.41) is 0. The number of amides is 1. The van der Waals surface area contributed by atoms with E-state index in [-0.39, 0.29) is 29.9 Å². The van der Waals surface area contributed by atoms with Crippen LogP contribution in [0, 0.1) is 0 Å². The van der Waals surface area contributed by atoms with Crippen LogP contribution in [0.2, 0.25) is 0 Å². The molecule has 2 aromatic carbocycles. The number of hydrogen-bond donors (Lipinski definition) is 1. The molecule has 0 radical (unpaired) electrons. The van der Waals surface area contributed by atoms with Crippen LogP contribution in [0.5, 0.6) is 0 Å². The highest BCUT2D eigenvalue weighted by Crippen LogP contribution is 2.29. The molecule has 9 heteroatoms. The van der Waals surface area contributed by atoms with Gasteiger partial charge in [-0.05, 0) is 49.7 Å². The van der Waals surface area contributed by atoms with E-state index in [1.54, 1.807) is 24.4 Å². The Balaban J connectivity index is 1.44. The summed E-state index contributed by atoms with van der Waals surface area (Å²) in [4.78, 5) is 26.1. The number of anilines is 1. The monoisotopic (exact) mass is 515 g/mol. The van der Waals surface area contributed by atoms with Crippen LogP contribution in [-0.2, 0) is 21.4 Å². The number of carbonyl (C=O) groups excluding carboxylic acids is 1. The van der Waals surface area contributed by atoms with Crippen molar-refractivity contribution in [2.75, 3.05) is 24.5 Å². The molecule has 0 atom stereocenters. The van der Waals surface area contributed by atoms with Crippen LogP contribution in [0.3, 0.4) is 0 Å². The predicted octanol–water partition coefficient (Wildman–Crippen LogP) is 3.83. The van der Waals surface area contributed by atoms with Crippen molar-refractivity contribution in [3.8, 4) is 11.3 Å². The highest BCUT2D eigenvalue weighted by molar-refractivity contribution is 7.89. The summed E-state index contributed by atoms with van der Waals surface area (Å²) < 4.78 is 28.6. The first kappa shape index (κ1) is 24.9. The quantitative estimate of drug-likeness (QED) is 0.402. The van der Waals surface area contributed by atoms with E-state index in [2.05, 4.69) is 9.71 Å². The van der Waals surface area contributed by atoms with Gasteiger partial charge in [-0.25, -0.2) is 18.1 Å². The van der Waals surface area contributed by atoms with Crippen molar-refractivity contribution in [3.05, 3.63) is 84.6 Å². The molecule has 5 rings (SSSR count). The van der Waals surface area contributed by atoms with E-state index in [1.165, 1.54) is 0 Å². The Morgan fingerprint density at radius 2 is 1.78 bits per heavy atom. The lowest BCUT2D eigenvalue weighted by molar-refractivity contribution is -0.132. The first-order chi connectivity index (χ1) is 17.8. The lowest BCUT2D eigenvalue weighted by Crippen LogP contribution is -2.52. The maximum Gasteiger partial charge on any atom is 0.242 e. The van der Waals surface area contributed by atoms with Gasteiger partial charge in [-0.2, -0.15) is 0 Å². The van der Waals surface area contributed by atoms with Gasteiger partial charge in [0.05, 0.1) is 28.3 Å². The number of nitrogens with zero attached hydrogens (tertiary/aromatic N) is 4. The minimum Gasteiger partial charge on any atom is -0.359 e. The van der Waals surface area contributed by atoms with Crippen molar-refractivity contribution >= 4 is 32.7 Å². The number of hydrogen-bond acceptors (Lipinski definition) is 6. The average molecular weight is 516 g/mol. The molecule has 0 bridgehead atoms. The Morgan fingerprint density at radius 1 is 0.973 bits per heavy atom. The van der Waals surface area contributed by atoms with Crippen molar-refractivity contribution in [2.45, 2.75) is 31.3 Å². The SMILES string of the molecule is CC(C)N1CCN(c2ccnc3ccc(-c4cccc(S(=O)(=O)NCc5ccccc5)c4)nc23)CC1=O. The lowest BCUT2D eigenvalue weighted by atomic mass is 10.1. The van der Waals surface area contributed by atoms with Crippen LogP contribution in [0.4, 0.5) is 5.69 Å². The van der Waals surface area contributed by atoms with Gasteiger partial charge in [-0.15, -0.1) is 0 Å². The minimum atomic E-state index is -3.72. The van der Waals surface area contributed by atoms with Crippen LogP contribution < -0.4 is 9.62 Å². The zero-order valence-corrected chi connectivity index (χ0v) is 21.6. The van der Waals surface area contributed by atoms with Crippen molar-refractivity contribution in [3.63, 3.8) is 0 Å². The van der Waals surface area contributed by atoms with Gasteiger partial charge in [0.2, 0.25) is 15.9 Å². The number of fused-ring (bicyclic) bond motifs is 1. The summed E-state index contributed by atoms with van der Waals surface area (Å²) in [7, 11) is -3.72. The van der Waals surface area contributed by atoms with Gasteiger partial charge in [0.25, 0.3) is 0 Å². The summed E-state index contributed by atoms with van der Waals surface area (Å²) in [6, 6.07) is 21.9. The van der Waals surface area contributed by atoms with Crippen LogP contribution in [-0.4, -0.2) is 54.9 Å². The topological polar surface area (TPSA) is 95.5 Å². The van der Waals surface area contributed by atoms with Crippen LogP contribution >= 0.6 is 0 Å². The fraction of sp³-hybridized carbons (Fsp3) is 0.250. The first-order valence-electron chi connectivity index (χ1n) is 12.3. The standard InChI is InChI=1S/C28H29N5O3S/c1-20(2)33-16-15-32(19-27(33)34)26-13-14-29-25-12-11-24(31-28(25)26)22-9-6-10-23(17-22)37(35,36)30-18-21-7-4-3-5-8-21/h3-14,17,20,30H,15-16,18-19H2,1-2H3. The third-order valence-corrected chi connectivity index (χ3v) is 7.93. The van der Waals surface area contributed by atoms with E-state index in [4.69, 9.17) is 4.98 Å². The summed E-state index contributed by atoms with van der Waals surface area (Å²) >= 11 is 0. The highest BCUT2D eigenvalue weighted by atomic mass is 32.2. The van der Waals surface area contributed by atoms with Gasteiger partial charge in [0.1, 0.15) is 5.52 Å². The van der Waals surface area contributed by atoms with Crippen LogP contribution in [0.25, 0.3) is 22.3 Å². The lowest BCUT2D eigenvalue weighted by Gasteiger charge is -2.37. The molecule has 1 amide bonds. The second-order valence-corrected chi connectivity index (χ2v) is 11.1. The molecule has 2 aromatic heterocycles. The number of aromatic nitrogens is 2. The van der Waals surface area contributed by atoms with Crippen molar-refractivity contribution in [2.24, 2.45) is 0 Å². The van der Waals surface area contributed by atoms with E-state index in [0.29, 0.717) is 35.4 Å². The van der Waals surface area contributed by atoms with Gasteiger partial charge in [0.15, 0.2) is 0 Å².